The number of ether oxygens (including phenoxy) is 2. The number of rotatable bonds is 13. The molecule has 2 amide bonds. The summed E-state index contributed by atoms with van der Waals surface area (Å²) in [5.41, 5.74) is 2.52. The molecule has 0 saturated heterocycles. The zero-order chi connectivity index (χ0) is 33.5. The Balaban J connectivity index is 1.35. The number of thioether (sulfide) groups is 1. The number of amides is 2. The van der Waals surface area contributed by atoms with Gasteiger partial charge in [0, 0.05) is 27.8 Å². The molecule has 2 N–H and O–H groups in total. The fraction of sp³-hybridized carbons (Fsp3) is 0.344. The number of carbonyl (C=O) groups excluding carboxylic acids is 3. The van der Waals surface area contributed by atoms with Crippen LogP contribution in [0.15, 0.2) is 47.6 Å². The van der Waals surface area contributed by atoms with Gasteiger partial charge in [0.25, 0.3) is 11.6 Å². The number of aryl methyl sites for hydroxylation is 2. The van der Waals surface area contributed by atoms with Gasteiger partial charge < -0.3 is 20.1 Å². The minimum atomic E-state index is -0.529. The molecule has 0 bridgehead atoms. The van der Waals surface area contributed by atoms with E-state index in [1.807, 2.05) is 19.1 Å². The van der Waals surface area contributed by atoms with Crippen molar-refractivity contribution in [2.75, 3.05) is 24.3 Å². The second-order valence-corrected chi connectivity index (χ2v) is 12.6. The molecule has 13 nitrogen and oxygen atoms in total. The molecule has 0 atom stereocenters. The third kappa shape index (κ3) is 7.80. The van der Waals surface area contributed by atoms with Crippen LogP contribution < -0.4 is 15.4 Å². The number of nitrogens with zero attached hydrogens (tertiary/aromatic N) is 4. The van der Waals surface area contributed by atoms with Crippen molar-refractivity contribution in [2.45, 2.75) is 58.2 Å². The zero-order valence-corrected chi connectivity index (χ0v) is 27.8. The van der Waals surface area contributed by atoms with E-state index in [9.17, 15) is 24.5 Å². The number of nitro groups is 1. The normalized spacial score (nSPS) is 12.2. The van der Waals surface area contributed by atoms with Crippen LogP contribution in [0.25, 0.3) is 5.69 Å². The van der Waals surface area contributed by atoms with Crippen molar-refractivity contribution in [2.24, 2.45) is 0 Å². The Kier molecular flexibility index (Phi) is 10.9. The van der Waals surface area contributed by atoms with E-state index in [4.69, 9.17) is 9.47 Å². The molecule has 246 valence electrons. The van der Waals surface area contributed by atoms with Crippen LogP contribution in [0.4, 0.5) is 10.7 Å². The van der Waals surface area contributed by atoms with Crippen LogP contribution in [0.1, 0.15) is 69.2 Å². The first-order valence-corrected chi connectivity index (χ1v) is 16.9. The van der Waals surface area contributed by atoms with Crippen molar-refractivity contribution in [3.05, 3.63) is 85.5 Å². The molecular formula is C32H34N6O7S2. The lowest BCUT2D eigenvalue weighted by Gasteiger charge is -2.13. The molecule has 0 radical (unpaired) electrons. The minimum Gasteiger partial charge on any atom is -0.494 e. The Hall–Kier alpha value is -4.76. The van der Waals surface area contributed by atoms with Crippen molar-refractivity contribution in [3.8, 4) is 11.4 Å². The summed E-state index contributed by atoms with van der Waals surface area (Å²) < 4.78 is 12.6. The fourth-order valence-corrected chi connectivity index (χ4v) is 7.26. The molecule has 2 heterocycles. The molecule has 2 aromatic heterocycles. The van der Waals surface area contributed by atoms with E-state index in [1.54, 1.807) is 30.5 Å². The van der Waals surface area contributed by atoms with Crippen molar-refractivity contribution >= 4 is 51.6 Å². The van der Waals surface area contributed by atoms with Gasteiger partial charge in [0.1, 0.15) is 10.8 Å². The molecule has 1 aliphatic rings. The molecule has 0 unspecified atom stereocenters. The highest BCUT2D eigenvalue weighted by Gasteiger charge is 2.27. The van der Waals surface area contributed by atoms with Gasteiger partial charge in [-0.05, 0) is 82.3 Å². The van der Waals surface area contributed by atoms with E-state index < -0.39 is 16.8 Å². The smallest absolute Gasteiger partial charge is 0.341 e. The van der Waals surface area contributed by atoms with Crippen LogP contribution in [-0.2, 0) is 28.9 Å². The number of nitro benzene ring substituents is 1. The number of aromatic nitrogens is 3. The van der Waals surface area contributed by atoms with Gasteiger partial charge in [0.2, 0.25) is 5.91 Å². The first kappa shape index (κ1) is 33.6. The van der Waals surface area contributed by atoms with Crippen LogP contribution >= 0.6 is 23.1 Å². The number of hydrogen-bond donors (Lipinski definition) is 2. The number of fused-ring (bicyclic) bond motifs is 1. The Bertz CT molecular complexity index is 1800. The number of carbonyl (C=O) groups is 3. The van der Waals surface area contributed by atoms with Gasteiger partial charge in [-0.15, -0.1) is 21.5 Å². The second-order valence-electron chi connectivity index (χ2n) is 10.6. The largest absolute Gasteiger partial charge is 0.494 e. The minimum absolute atomic E-state index is 0.0284. The van der Waals surface area contributed by atoms with Gasteiger partial charge in [0.05, 0.1) is 36.0 Å². The molecule has 2 aromatic carbocycles. The van der Waals surface area contributed by atoms with E-state index >= 15 is 0 Å². The van der Waals surface area contributed by atoms with Gasteiger partial charge in [-0.3, -0.25) is 24.3 Å². The molecule has 5 rings (SSSR count). The summed E-state index contributed by atoms with van der Waals surface area (Å²) in [6.07, 6.45) is 3.65. The number of thiophene rings is 1. The lowest BCUT2D eigenvalue weighted by Crippen LogP contribution is -2.25. The standard InChI is InChI=1S/C32H34N6O7S2/c1-4-44-22-14-12-21(13-15-22)37-26(17-33-29(40)20-11-10-19(3)24(16-20)38(42)43)35-36-32(37)46-18-27(39)34-30-28(31(41)45-5-2)23-8-6-7-9-25(23)47-30/h10-16H,4-9,17-18H2,1-3H3,(H,33,40)(H,34,39). The van der Waals surface area contributed by atoms with Gasteiger partial charge in [0.15, 0.2) is 11.0 Å². The second kappa shape index (κ2) is 15.2. The number of esters is 1. The first-order valence-electron chi connectivity index (χ1n) is 15.1. The van der Waals surface area contributed by atoms with Crippen molar-refractivity contribution in [3.63, 3.8) is 0 Å². The average Bonchev–Trinajstić information content (AvgIpc) is 3.64. The molecule has 0 fully saturated rings. The number of hydrogen-bond acceptors (Lipinski definition) is 11. The van der Waals surface area contributed by atoms with E-state index in [0.29, 0.717) is 45.2 Å². The van der Waals surface area contributed by atoms with Crippen LogP contribution in [0.2, 0.25) is 0 Å². The third-order valence-corrected chi connectivity index (χ3v) is 9.55. The fourth-order valence-electron chi connectivity index (χ4n) is 5.20. The monoisotopic (exact) mass is 678 g/mol. The quantitative estimate of drug-likeness (QED) is 0.0779. The summed E-state index contributed by atoms with van der Waals surface area (Å²) in [6, 6.07) is 11.5. The molecule has 4 aromatic rings. The molecule has 0 aliphatic heterocycles. The van der Waals surface area contributed by atoms with E-state index in [0.717, 1.165) is 47.9 Å². The summed E-state index contributed by atoms with van der Waals surface area (Å²) in [7, 11) is 0. The van der Waals surface area contributed by atoms with E-state index in [1.165, 1.54) is 29.5 Å². The SMILES string of the molecule is CCOC(=O)c1c(NC(=O)CSc2nnc(CNC(=O)c3ccc(C)c([N+](=O)[O-])c3)n2-c2ccc(OCC)cc2)sc2c1CCCC2. The Morgan fingerprint density at radius 2 is 1.83 bits per heavy atom. The Morgan fingerprint density at radius 3 is 2.55 bits per heavy atom. The summed E-state index contributed by atoms with van der Waals surface area (Å²) in [6.45, 7) is 5.94. The predicted octanol–water partition coefficient (Wildman–Crippen LogP) is 5.66. The van der Waals surface area contributed by atoms with Crippen molar-refractivity contribution < 1.29 is 28.8 Å². The van der Waals surface area contributed by atoms with Crippen LogP contribution in [0, 0.1) is 17.0 Å². The summed E-state index contributed by atoms with van der Waals surface area (Å²) in [4.78, 5) is 50.9. The summed E-state index contributed by atoms with van der Waals surface area (Å²) >= 11 is 2.57. The van der Waals surface area contributed by atoms with Crippen LogP contribution in [0.5, 0.6) is 5.75 Å². The molecule has 15 heteroatoms. The lowest BCUT2D eigenvalue weighted by molar-refractivity contribution is -0.385. The van der Waals surface area contributed by atoms with Gasteiger partial charge >= 0.3 is 5.97 Å². The highest BCUT2D eigenvalue weighted by atomic mass is 32.2. The highest BCUT2D eigenvalue weighted by Crippen LogP contribution is 2.39. The number of nitrogens with one attached hydrogen (secondary N) is 2. The van der Waals surface area contributed by atoms with Crippen molar-refractivity contribution in [1.29, 1.82) is 0 Å². The van der Waals surface area contributed by atoms with Crippen LogP contribution in [-0.4, -0.2) is 56.4 Å². The Morgan fingerprint density at radius 1 is 1.06 bits per heavy atom. The van der Waals surface area contributed by atoms with Gasteiger partial charge in [-0.25, -0.2) is 4.79 Å². The predicted molar refractivity (Wildman–Crippen MR) is 178 cm³/mol. The molecule has 47 heavy (non-hydrogen) atoms. The van der Waals surface area contributed by atoms with E-state index in [2.05, 4.69) is 20.8 Å². The average molecular weight is 679 g/mol. The molecular weight excluding hydrogens is 645 g/mol. The maximum absolute atomic E-state index is 13.2. The third-order valence-electron chi connectivity index (χ3n) is 7.42. The van der Waals surface area contributed by atoms with Gasteiger partial charge in [-0.2, -0.15) is 0 Å². The highest BCUT2D eigenvalue weighted by molar-refractivity contribution is 7.99. The lowest BCUT2D eigenvalue weighted by atomic mass is 9.95. The summed E-state index contributed by atoms with van der Waals surface area (Å²) in [5, 5.41) is 26.5. The first-order chi connectivity index (χ1) is 22.7. The van der Waals surface area contributed by atoms with E-state index in [-0.39, 0.29) is 36.1 Å². The van der Waals surface area contributed by atoms with Crippen molar-refractivity contribution in [1.82, 2.24) is 20.1 Å². The molecule has 1 aliphatic carbocycles. The number of benzene rings is 2. The van der Waals surface area contributed by atoms with Crippen LogP contribution in [0.3, 0.4) is 0 Å². The Labute approximate surface area is 279 Å². The maximum atomic E-state index is 13.2. The zero-order valence-electron chi connectivity index (χ0n) is 26.2. The molecule has 0 spiro atoms. The topological polar surface area (TPSA) is 168 Å². The maximum Gasteiger partial charge on any atom is 0.341 e. The molecule has 0 saturated carbocycles. The summed E-state index contributed by atoms with van der Waals surface area (Å²) in [5.74, 6) is -0.251. The number of anilines is 1. The van der Waals surface area contributed by atoms with Gasteiger partial charge in [-0.1, -0.05) is 17.8 Å².